The van der Waals surface area contributed by atoms with E-state index < -0.39 is 0 Å². The van der Waals surface area contributed by atoms with Gasteiger partial charge in [0.25, 0.3) is 0 Å². The average Bonchev–Trinajstić information content (AvgIpc) is 2.86. The van der Waals surface area contributed by atoms with Gasteiger partial charge in [0.2, 0.25) is 11.5 Å². The molecule has 3 aromatic rings. The van der Waals surface area contributed by atoms with Gasteiger partial charge in [-0.25, -0.2) is 0 Å². The first-order chi connectivity index (χ1) is 10.5. The van der Waals surface area contributed by atoms with Crippen molar-refractivity contribution in [1.82, 2.24) is 20.4 Å². The highest BCUT2D eigenvalue weighted by molar-refractivity contribution is 6.37. The van der Waals surface area contributed by atoms with E-state index in [9.17, 15) is 0 Å². The van der Waals surface area contributed by atoms with Crippen LogP contribution >= 0.6 is 23.2 Å². The van der Waals surface area contributed by atoms with Crippen LogP contribution in [0, 0.1) is 0 Å². The van der Waals surface area contributed by atoms with Gasteiger partial charge in [-0.2, -0.15) is 5.10 Å². The lowest BCUT2D eigenvalue weighted by molar-refractivity contribution is 0.457. The summed E-state index contributed by atoms with van der Waals surface area (Å²) in [5.41, 5.74) is 7.62. The second-order valence-corrected chi connectivity index (χ2v) is 5.94. The van der Waals surface area contributed by atoms with Gasteiger partial charge in [-0.3, -0.25) is 5.10 Å². The number of hydrogen-bond acceptors (Lipinski definition) is 5. The SMILES string of the molecule is CC(C)c1[nH]nc2nnc(Oc3c(Cl)cc(N)cc3Cl)cc12. The van der Waals surface area contributed by atoms with E-state index >= 15 is 0 Å². The molecule has 2 aromatic heterocycles. The number of fused-ring (bicyclic) bond motifs is 1. The zero-order chi connectivity index (χ0) is 15.9. The predicted molar refractivity (Wildman–Crippen MR) is 86.7 cm³/mol. The number of H-pyrrole nitrogens is 1. The summed E-state index contributed by atoms with van der Waals surface area (Å²) in [5.74, 6) is 0.843. The number of anilines is 1. The fourth-order valence-corrected chi connectivity index (χ4v) is 2.67. The van der Waals surface area contributed by atoms with Gasteiger partial charge in [0.05, 0.1) is 10.0 Å². The number of halogens is 2. The van der Waals surface area contributed by atoms with Crippen molar-refractivity contribution in [2.24, 2.45) is 0 Å². The maximum Gasteiger partial charge on any atom is 0.239 e. The molecule has 1 aromatic carbocycles. The van der Waals surface area contributed by atoms with Gasteiger partial charge in [0.1, 0.15) is 0 Å². The van der Waals surface area contributed by atoms with E-state index in [2.05, 4.69) is 34.2 Å². The van der Waals surface area contributed by atoms with Crippen LogP contribution in [0.1, 0.15) is 25.5 Å². The molecule has 3 N–H and O–H groups in total. The molecule has 0 bridgehead atoms. The minimum absolute atomic E-state index is 0.269. The predicted octanol–water partition coefficient (Wildman–Crippen LogP) is 4.16. The van der Waals surface area contributed by atoms with Crippen molar-refractivity contribution in [1.29, 1.82) is 0 Å². The van der Waals surface area contributed by atoms with Crippen molar-refractivity contribution in [3.05, 3.63) is 33.9 Å². The molecule has 0 spiro atoms. The van der Waals surface area contributed by atoms with Crippen LogP contribution in [0.25, 0.3) is 11.0 Å². The van der Waals surface area contributed by atoms with Gasteiger partial charge in [0, 0.05) is 22.8 Å². The third kappa shape index (κ3) is 2.67. The van der Waals surface area contributed by atoms with Crippen LogP contribution in [0.4, 0.5) is 5.69 Å². The van der Waals surface area contributed by atoms with E-state index in [-0.39, 0.29) is 11.8 Å². The number of ether oxygens (including phenoxy) is 1. The molecule has 0 radical (unpaired) electrons. The average molecular weight is 338 g/mol. The maximum absolute atomic E-state index is 6.11. The molecule has 8 heteroatoms. The zero-order valence-corrected chi connectivity index (χ0v) is 13.4. The maximum atomic E-state index is 6.11. The van der Waals surface area contributed by atoms with Gasteiger partial charge in [-0.15, -0.1) is 10.2 Å². The molecule has 0 unspecified atom stereocenters. The van der Waals surface area contributed by atoms with E-state index in [1.807, 2.05) is 0 Å². The summed E-state index contributed by atoms with van der Waals surface area (Å²) in [7, 11) is 0. The fourth-order valence-electron chi connectivity index (χ4n) is 2.09. The lowest BCUT2D eigenvalue weighted by atomic mass is 10.1. The minimum Gasteiger partial charge on any atom is -0.434 e. The number of hydrogen-bond donors (Lipinski definition) is 2. The largest absolute Gasteiger partial charge is 0.434 e. The van der Waals surface area contributed by atoms with Gasteiger partial charge >= 0.3 is 0 Å². The van der Waals surface area contributed by atoms with Crippen LogP contribution in [0.15, 0.2) is 18.2 Å². The number of rotatable bonds is 3. The molecule has 2 heterocycles. The molecule has 0 saturated carbocycles. The van der Waals surface area contributed by atoms with Crippen molar-refractivity contribution in [3.8, 4) is 11.6 Å². The minimum atomic E-state index is 0.269. The second kappa shape index (κ2) is 5.62. The highest BCUT2D eigenvalue weighted by Gasteiger charge is 2.15. The van der Waals surface area contributed by atoms with Crippen molar-refractivity contribution in [3.63, 3.8) is 0 Å². The summed E-state index contributed by atoms with van der Waals surface area (Å²) >= 11 is 12.2. The van der Waals surface area contributed by atoms with Crippen molar-refractivity contribution in [2.75, 3.05) is 5.73 Å². The fraction of sp³-hybridized carbons (Fsp3) is 0.214. The van der Waals surface area contributed by atoms with Crippen LogP contribution in [-0.4, -0.2) is 20.4 Å². The lowest BCUT2D eigenvalue weighted by Gasteiger charge is -2.09. The van der Waals surface area contributed by atoms with E-state index in [4.69, 9.17) is 33.7 Å². The van der Waals surface area contributed by atoms with E-state index in [1.165, 1.54) is 0 Å². The van der Waals surface area contributed by atoms with Crippen LogP contribution < -0.4 is 10.5 Å². The third-order valence-corrected chi connectivity index (χ3v) is 3.69. The van der Waals surface area contributed by atoms with Gasteiger partial charge in [0.15, 0.2) is 5.75 Å². The molecule has 0 aliphatic heterocycles. The summed E-state index contributed by atoms with van der Waals surface area (Å²) in [5, 5.41) is 16.5. The number of benzene rings is 1. The van der Waals surface area contributed by atoms with Crippen LogP contribution in [0.3, 0.4) is 0 Å². The van der Waals surface area contributed by atoms with Crippen LogP contribution in [0.2, 0.25) is 10.0 Å². The molecular weight excluding hydrogens is 325 g/mol. The number of aromatic nitrogens is 4. The number of nitrogen functional groups attached to an aromatic ring is 1. The van der Waals surface area contributed by atoms with E-state index in [0.29, 0.717) is 27.1 Å². The highest BCUT2D eigenvalue weighted by atomic mass is 35.5. The van der Waals surface area contributed by atoms with Gasteiger partial charge in [-0.1, -0.05) is 37.0 Å². The molecule has 114 valence electrons. The molecular formula is C14H13Cl2N5O. The second-order valence-electron chi connectivity index (χ2n) is 5.13. The summed E-state index contributed by atoms with van der Waals surface area (Å²) in [6.07, 6.45) is 0. The summed E-state index contributed by atoms with van der Waals surface area (Å²) in [6, 6.07) is 4.88. The quantitative estimate of drug-likeness (QED) is 0.700. The van der Waals surface area contributed by atoms with Gasteiger partial charge in [-0.05, 0) is 18.1 Å². The standard InChI is InChI=1S/C14H13Cl2N5O/c1-6(2)12-8-5-11(18-20-14(8)21-19-12)22-13-9(15)3-7(17)4-10(13)16/h3-6H,17H2,1-2H3,(H,19,20,21). The Morgan fingerprint density at radius 3 is 2.45 bits per heavy atom. The van der Waals surface area contributed by atoms with Crippen LogP contribution in [-0.2, 0) is 0 Å². The number of nitrogens with one attached hydrogen (secondary N) is 1. The van der Waals surface area contributed by atoms with Gasteiger partial charge < -0.3 is 10.5 Å². The first kappa shape index (κ1) is 14.9. The summed E-state index contributed by atoms with van der Waals surface area (Å²) in [4.78, 5) is 0. The Hall–Kier alpha value is -2.05. The van der Waals surface area contributed by atoms with Crippen molar-refractivity contribution < 1.29 is 4.74 Å². The Balaban J connectivity index is 2.03. The molecule has 0 aliphatic rings. The molecule has 6 nitrogen and oxygen atoms in total. The molecule has 22 heavy (non-hydrogen) atoms. The Morgan fingerprint density at radius 1 is 1.14 bits per heavy atom. The molecule has 0 aliphatic carbocycles. The monoisotopic (exact) mass is 337 g/mol. The summed E-state index contributed by atoms with van der Waals surface area (Å²) < 4.78 is 5.67. The number of aromatic amines is 1. The van der Waals surface area contributed by atoms with E-state index in [1.54, 1.807) is 18.2 Å². The Kier molecular flexibility index (Phi) is 3.80. The Labute approximate surface area is 136 Å². The zero-order valence-electron chi connectivity index (χ0n) is 11.9. The molecule has 0 amide bonds. The van der Waals surface area contributed by atoms with Crippen molar-refractivity contribution in [2.45, 2.75) is 19.8 Å². The van der Waals surface area contributed by atoms with Crippen LogP contribution in [0.5, 0.6) is 11.6 Å². The number of nitrogens with zero attached hydrogens (tertiary/aromatic N) is 3. The first-order valence-corrected chi connectivity index (χ1v) is 7.35. The smallest absolute Gasteiger partial charge is 0.239 e. The first-order valence-electron chi connectivity index (χ1n) is 6.59. The topological polar surface area (TPSA) is 89.7 Å². The number of nitrogens with two attached hydrogens (primary N) is 1. The molecule has 3 rings (SSSR count). The normalized spacial score (nSPS) is 11.3. The van der Waals surface area contributed by atoms with E-state index in [0.717, 1.165) is 11.1 Å². The Bertz CT molecular complexity index is 823. The highest BCUT2D eigenvalue weighted by Crippen LogP contribution is 2.38. The Morgan fingerprint density at radius 2 is 1.82 bits per heavy atom. The summed E-state index contributed by atoms with van der Waals surface area (Å²) in [6.45, 7) is 4.11. The molecule has 0 fully saturated rings. The lowest BCUT2D eigenvalue weighted by Crippen LogP contribution is -1.94. The van der Waals surface area contributed by atoms with Crippen molar-refractivity contribution >= 4 is 39.9 Å². The molecule has 0 saturated heterocycles. The molecule has 0 atom stereocenters. The third-order valence-electron chi connectivity index (χ3n) is 3.13.